The quantitative estimate of drug-likeness (QED) is 0.658. The summed E-state index contributed by atoms with van der Waals surface area (Å²) in [6, 6.07) is 3.18. The molecular weight excluding hydrogens is 360 g/mol. The molecule has 2 fully saturated rings. The molecule has 0 saturated carbocycles. The number of aliphatic hydroxyl groups is 1. The van der Waals surface area contributed by atoms with Gasteiger partial charge in [-0.05, 0) is 12.1 Å². The molecular formula is C16H18N4O7. The van der Waals surface area contributed by atoms with Crippen LogP contribution in [0.3, 0.4) is 0 Å². The van der Waals surface area contributed by atoms with Crippen LogP contribution < -0.4 is 15.0 Å². The smallest absolute Gasteiger partial charge is 0.416 e. The number of anilines is 2. The molecule has 1 spiro atoms. The Balaban J connectivity index is 1.58. The number of carbonyl (C=O) groups excluding carboxylic acids is 2. The number of pyridine rings is 1. The van der Waals surface area contributed by atoms with E-state index in [1.54, 1.807) is 12.1 Å². The van der Waals surface area contributed by atoms with E-state index in [-0.39, 0.29) is 56.8 Å². The maximum Gasteiger partial charge on any atom is 0.416 e. The molecule has 144 valence electrons. The molecule has 2 saturated heterocycles. The lowest BCUT2D eigenvalue weighted by molar-refractivity contribution is -0.118. The van der Waals surface area contributed by atoms with Crippen molar-refractivity contribution >= 4 is 29.7 Å². The fourth-order valence-corrected chi connectivity index (χ4v) is 3.66. The Bertz CT molecular complexity index is 816. The number of aliphatic hydroxyl groups excluding tert-OH is 1. The molecule has 11 nitrogen and oxygen atoms in total. The third kappa shape index (κ3) is 2.89. The first-order valence-corrected chi connectivity index (χ1v) is 8.45. The van der Waals surface area contributed by atoms with Crippen molar-refractivity contribution in [1.82, 2.24) is 9.88 Å². The molecule has 27 heavy (non-hydrogen) atoms. The number of aromatic nitrogens is 1. The molecule has 2 atom stereocenters. The summed E-state index contributed by atoms with van der Waals surface area (Å²) >= 11 is 0. The molecule has 4 heterocycles. The second-order valence-corrected chi connectivity index (χ2v) is 6.73. The van der Waals surface area contributed by atoms with E-state index in [0.29, 0.717) is 5.75 Å². The molecule has 3 N–H and O–H groups in total. The monoisotopic (exact) mass is 378 g/mol. The van der Waals surface area contributed by atoms with Gasteiger partial charge in [0.05, 0.1) is 13.2 Å². The van der Waals surface area contributed by atoms with Crippen LogP contribution >= 0.6 is 0 Å². The molecule has 3 amide bonds. The number of likely N-dealkylation sites (tertiary alicyclic amines) is 1. The first-order valence-electron chi connectivity index (χ1n) is 8.45. The maximum atomic E-state index is 12.5. The third-order valence-corrected chi connectivity index (χ3v) is 5.15. The standard InChI is InChI=1S/C16H18N4O7/c21-6-9-5-19(14(23)24)4-3-16(9)8-20(15(25)27-16)11-2-1-10-13(17-11)18-12(22)7-26-10/h1-2,9,21H,3-8H2,(H,23,24)(H,17,18,22). The van der Waals surface area contributed by atoms with Gasteiger partial charge in [0.1, 0.15) is 11.4 Å². The number of carbonyl (C=O) groups is 3. The summed E-state index contributed by atoms with van der Waals surface area (Å²) < 4.78 is 10.9. The fourth-order valence-electron chi connectivity index (χ4n) is 3.66. The van der Waals surface area contributed by atoms with Crippen LogP contribution in [0.25, 0.3) is 0 Å². The van der Waals surface area contributed by atoms with E-state index in [9.17, 15) is 19.5 Å². The number of ether oxygens (including phenoxy) is 2. The van der Waals surface area contributed by atoms with Crippen LogP contribution in [0.4, 0.5) is 21.2 Å². The summed E-state index contributed by atoms with van der Waals surface area (Å²) in [5.74, 6) is 0.0188. The molecule has 1 aromatic heterocycles. The number of carboxylic acid groups (broad SMARTS) is 1. The second kappa shape index (κ2) is 6.27. The van der Waals surface area contributed by atoms with Crippen LogP contribution in [0.15, 0.2) is 12.1 Å². The van der Waals surface area contributed by atoms with Crippen molar-refractivity contribution in [2.24, 2.45) is 5.92 Å². The Hall–Kier alpha value is -3.08. The zero-order chi connectivity index (χ0) is 19.2. The average molecular weight is 378 g/mol. The van der Waals surface area contributed by atoms with Crippen LogP contribution in [0, 0.1) is 5.92 Å². The molecule has 3 aliphatic heterocycles. The number of nitrogens with zero attached hydrogens (tertiary/aromatic N) is 3. The van der Waals surface area contributed by atoms with Crippen molar-refractivity contribution < 1.29 is 34.1 Å². The molecule has 2 unspecified atom stereocenters. The van der Waals surface area contributed by atoms with Crippen LogP contribution in [0.2, 0.25) is 0 Å². The van der Waals surface area contributed by atoms with Gasteiger partial charge >= 0.3 is 12.2 Å². The highest BCUT2D eigenvalue weighted by atomic mass is 16.6. The minimum atomic E-state index is -1.07. The van der Waals surface area contributed by atoms with Gasteiger partial charge in [0.2, 0.25) is 0 Å². The van der Waals surface area contributed by atoms with Gasteiger partial charge in [-0.3, -0.25) is 9.69 Å². The topological polar surface area (TPSA) is 142 Å². The first kappa shape index (κ1) is 17.3. The number of rotatable bonds is 2. The van der Waals surface area contributed by atoms with Gasteiger partial charge in [-0.25, -0.2) is 14.6 Å². The number of amides is 3. The van der Waals surface area contributed by atoms with E-state index in [1.807, 2.05) is 0 Å². The summed E-state index contributed by atoms with van der Waals surface area (Å²) in [5.41, 5.74) is -0.991. The molecule has 0 aliphatic carbocycles. The SMILES string of the molecule is O=C1COc2ccc(N3CC4(CCN(C(=O)O)CC4CO)OC3=O)nc2N1. The van der Waals surface area contributed by atoms with Gasteiger partial charge in [0, 0.05) is 25.4 Å². The number of hydrogen-bond donors (Lipinski definition) is 3. The highest BCUT2D eigenvalue weighted by Gasteiger charge is 2.54. The molecule has 11 heteroatoms. The Morgan fingerprint density at radius 2 is 2.22 bits per heavy atom. The van der Waals surface area contributed by atoms with E-state index in [1.165, 1.54) is 9.80 Å². The van der Waals surface area contributed by atoms with E-state index in [2.05, 4.69) is 10.3 Å². The van der Waals surface area contributed by atoms with Crippen molar-refractivity contribution in [3.63, 3.8) is 0 Å². The molecule has 1 aromatic rings. The average Bonchev–Trinajstić information content (AvgIpc) is 2.98. The summed E-state index contributed by atoms with van der Waals surface area (Å²) in [4.78, 5) is 42.0. The van der Waals surface area contributed by atoms with E-state index < -0.39 is 23.7 Å². The third-order valence-electron chi connectivity index (χ3n) is 5.15. The highest BCUT2D eigenvalue weighted by molar-refractivity contribution is 5.95. The van der Waals surface area contributed by atoms with E-state index >= 15 is 0 Å². The summed E-state index contributed by atoms with van der Waals surface area (Å²) in [6.45, 7) is 0.00160. The van der Waals surface area contributed by atoms with E-state index in [4.69, 9.17) is 14.6 Å². The van der Waals surface area contributed by atoms with Crippen LogP contribution in [0.1, 0.15) is 6.42 Å². The predicted molar refractivity (Wildman–Crippen MR) is 89.7 cm³/mol. The normalized spacial score (nSPS) is 27.1. The second-order valence-electron chi connectivity index (χ2n) is 6.73. The lowest BCUT2D eigenvalue weighted by atomic mass is 9.81. The lowest BCUT2D eigenvalue weighted by Gasteiger charge is -2.42. The summed E-state index contributed by atoms with van der Waals surface area (Å²) in [6.07, 6.45) is -1.43. The number of fused-ring (bicyclic) bond motifs is 1. The van der Waals surface area contributed by atoms with E-state index in [0.717, 1.165) is 0 Å². The Morgan fingerprint density at radius 1 is 1.41 bits per heavy atom. The predicted octanol–water partition coefficient (Wildman–Crippen LogP) is 0.100. The van der Waals surface area contributed by atoms with Gasteiger partial charge in [-0.1, -0.05) is 0 Å². The van der Waals surface area contributed by atoms with Crippen molar-refractivity contribution in [1.29, 1.82) is 0 Å². The molecule has 0 radical (unpaired) electrons. The number of hydrogen-bond acceptors (Lipinski definition) is 7. The van der Waals surface area contributed by atoms with Crippen molar-refractivity contribution in [2.75, 3.05) is 43.1 Å². The number of nitrogens with one attached hydrogen (secondary N) is 1. The Labute approximate surface area is 153 Å². The highest BCUT2D eigenvalue weighted by Crippen LogP contribution is 2.39. The van der Waals surface area contributed by atoms with Crippen LogP contribution in [0.5, 0.6) is 5.75 Å². The molecule has 3 aliphatic rings. The van der Waals surface area contributed by atoms with Gasteiger partial charge in [0.25, 0.3) is 5.91 Å². The minimum absolute atomic E-state index is 0.0778. The first-order chi connectivity index (χ1) is 12.9. The van der Waals surface area contributed by atoms with Crippen LogP contribution in [-0.2, 0) is 9.53 Å². The minimum Gasteiger partial charge on any atom is -0.480 e. The molecule has 0 aromatic carbocycles. The summed E-state index contributed by atoms with van der Waals surface area (Å²) in [7, 11) is 0. The van der Waals surface area contributed by atoms with Crippen molar-refractivity contribution in [2.45, 2.75) is 12.0 Å². The van der Waals surface area contributed by atoms with Crippen molar-refractivity contribution in [3.05, 3.63) is 12.1 Å². The maximum absolute atomic E-state index is 12.5. The van der Waals surface area contributed by atoms with Gasteiger partial charge in [0.15, 0.2) is 18.2 Å². The van der Waals surface area contributed by atoms with Crippen LogP contribution in [-0.4, -0.2) is 76.6 Å². The zero-order valence-electron chi connectivity index (χ0n) is 14.3. The molecule has 4 rings (SSSR count). The summed E-state index contributed by atoms with van der Waals surface area (Å²) in [5, 5.41) is 21.5. The number of piperidine rings is 1. The van der Waals surface area contributed by atoms with Gasteiger partial charge < -0.3 is 29.9 Å². The Morgan fingerprint density at radius 3 is 2.96 bits per heavy atom. The lowest BCUT2D eigenvalue weighted by Crippen LogP contribution is -2.56. The molecule has 0 bridgehead atoms. The van der Waals surface area contributed by atoms with Gasteiger partial charge in [-0.2, -0.15) is 0 Å². The largest absolute Gasteiger partial charge is 0.480 e. The van der Waals surface area contributed by atoms with Gasteiger partial charge in [-0.15, -0.1) is 0 Å². The fraction of sp³-hybridized carbons (Fsp3) is 0.500. The zero-order valence-corrected chi connectivity index (χ0v) is 14.3. The van der Waals surface area contributed by atoms with Crippen molar-refractivity contribution in [3.8, 4) is 5.75 Å². The Kier molecular flexibility index (Phi) is 4.02.